The van der Waals surface area contributed by atoms with Crippen LogP contribution in [0.25, 0.3) is 11.0 Å². The van der Waals surface area contributed by atoms with Crippen molar-refractivity contribution in [2.45, 2.75) is 13.5 Å². The Labute approximate surface area is 181 Å². The van der Waals surface area contributed by atoms with Crippen LogP contribution < -0.4 is 14.2 Å². The summed E-state index contributed by atoms with van der Waals surface area (Å²) in [6.07, 6.45) is 0. The molecule has 8 nitrogen and oxygen atoms in total. The highest BCUT2D eigenvalue weighted by molar-refractivity contribution is 5.78. The van der Waals surface area contributed by atoms with Crippen LogP contribution in [0.4, 0.5) is 0 Å². The summed E-state index contributed by atoms with van der Waals surface area (Å²) >= 11 is 0. The highest BCUT2D eigenvalue weighted by Gasteiger charge is 2.22. The Hall–Kier alpha value is -3.26. The molecule has 0 radical (unpaired) electrons. The number of methoxy groups -OCH3 is 1. The predicted molar refractivity (Wildman–Crippen MR) is 118 cm³/mol. The molecule has 1 saturated heterocycles. The van der Waals surface area contributed by atoms with Crippen LogP contribution in [-0.4, -0.2) is 72.2 Å². The molecule has 1 N–H and O–H groups in total. The standard InChI is InChI=1S/C23H28N4O4/c1-3-30-17-4-6-18(7-5-17)31-16-23(28)27-12-10-26(11-13-27)15-22-24-20-9-8-19(29-2)14-21(20)25-22/h4-9,14H,3,10-13,15-16H2,1-2H3,(H,24,25). The van der Waals surface area contributed by atoms with Crippen molar-refractivity contribution in [3.05, 3.63) is 48.3 Å². The number of hydrogen-bond donors (Lipinski definition) is 1. The molecule has 1 fully saturated rings. The predicted octanol–water partition coefficient (Wildman–Crippen LogP) is 2.69. The summed E-state index contributed by atoms with van der Waals surface area (Å²) in [6, 6.07) is 13.1. The highest BCUT2D eigenvalue weighted by Crippen LogP contribution is 2.20. The second kappa shape index (κ2) is 9.70. The molecule has 0 atom stereocenters. The van der Waals surface area contributed by atoms with Gasteiger partial charge in [0.15, 0.2) is 6.61 Å². The average molecular weight is 425 g/mol. The van der Waals surface area contributed by atoms with Crippen molar-refractivity contribution in [2.75, 3.05) is 46.5 Å². The number of aromatic nitrogens is 2. The van der Waals surface area contributed by atoms with E-state index in [1.807, 2.05) is 54.3 Å². The molecule has 8 heteroatoms. The van der Waals surface area contributed by atoms with Gasteiger partial charge in [-0.15, -0.1) is 0 Å². The van der Waals surface area contributed by atoms with Crippen LogP contribution in [0.2, 0.25) is 0 Å². The number of rotatable bonds is 8. The highest BCUT2D eigenvalue weighted by atomic mass is 16.5. The summed E-state index contributed by atoms with van der Waals surface area (Å²) in [5.74, 6) is 3.19. The number of nitrogens with one attached hydrogen (secondary N) is 1. The summed E-state index contributed by atoms with van der Waals surface area (Å²) in [5.41, 5.74) is 1.89. The Balaban J connectivity index is 1.24. The molecular formula is C23H28N4O4. The Bertz CT molecular complexity index is 1010. The van der Waals surface area contributed by atoms with Gasteiger partial charge in [-0.3, -0.25) is 9.69 Å². The third-order valence-electron chi connectivity index (χ3n) is 5.33. The van der Waals surface area contributed by atoms with E-state index in [0.29, 0.717) is 25.4 Å². The van der Waals surface area contributed by atoms with E-state index in [0.717, 1.165) is 48.0 Å². The van der Waals surface area contributed by atoms with E-state index in [1.54, 1.807) is 7.11 Å². The van der Waals surface area contributed by atoms with Gasteiger partial charge in [0.05, 0.1) is 31.3 Å². The second-order valence-corrected chi connectivity index (χ2v) is 7.42. The molecule has 0 aliphatic carbocycles. The number of fused-ring (bicyclic) bond motifs is 1. The van der Waals surface area contributed by atoms with Crippen molar-refractivity contribution < 1.29 is 19.0 Å². The molecule has 0 saturated carbocycles. The number of ether oxygens (including phenoxy) is 3. The van der Waals surface area contributed by atoms with Crippen molar-refractivity contribution in [3.8, 4) is 17.2 Å². The molecule has 164 valence electrons. The number of imidazole rings is 1. The number of H-pyrrole nitrogens is 1. The van der Waals surface area contributed by atoms with E-state index in [4.69, 9.17) is 14.2 Å². The quantitative estimate of drug-likeness (QED) is 0.599. The third-order valence-corrected chi connectivity index (χ3v) is 5.33. The number of carbonyl (C=O) groups excluding carboxylic acids is 1. The largest absolute Gasteiger partial charge is 0.497 e. The van der Waals surface area contributed by atoms with Gasteiger partial charge in [0.25, 0.3) is 5.91 Å². The van der Waals surface area contributed by atoms with E-state index in [1.165, 1.54) is 0 Å². The van der Waals surface area contributed by atoms with Gasteiger partial charge in [0, 0.05) is 32.2 Å². The number of carbonyl (C=O) groups is 1. The second-order valence-electron chi connectivity index (χ2n) is 7.42. The van der Waals surface area contributed by atoms with E-state index in [-0.39, 0.29) is 12.5 Å². The lowest BCUT2D eigenvalue weighted by molar-refractivity contribution is -0.135. The summed E-state index contributed by atoms with van der Waals surface area (Å²) < 4.78 is 16.3. The number of nitrogens with zero attached hydrogens (tertiary/aromatic N) is 3. The van der Waals surface area contributed by atoms with Crippen molar-refractivity contribution in [2.24, 2.45) is 0 Å². The molecule has 3 aromatic rings. The fourth-order valence-corrected chi connectivity index (χ4v) is 3.65. The molecule has 0 spiro atoms. The van der Waals surface area contributed by atoms with E-state index < -0.39 is 0 Å². The van der Waals surface area contributed by atoms with Crippen molar-refractivity contribution >= 4 is 16.9 Å². The fourth-order valence-electron chi connectivity index (χ4n) is 3.65. The Morgan fingerprint density at radius 1 is 1.00 bits per heavy atom. The van der Waals surface area contributed by atoms with Crippen LogP contribution in [0.1, 0.15) is 12.7 Å². The monoisotopic (exact) mass is 424 g/mol. The van der Waals surface area contributed by atoms with E-state index >= 15 is 0 Å². The van der Waals surface area contributed by atoms with Gasteiger partial charge in [-0.2, -0.15) is 0 Å². The summed E-state index contributed by atoms with van der Waals surface area (Å²) in [7, 11) is 1.66. The molecule has 0 bridgehead atoms. The zero-order valence-corrected chi connectivity index (χ0v) is 18.0. The van der Waals surface area contributed by atoms with Crippen LogP contribution in [-0.2, 0) is 11.3 Å². The summed E-state index contributed by atoms with van der Waals surface area (Å²) in [6.45, 7) is 6.29. The number of amides is 1. The van der Waals surface area contributed by atoms with Crippen LogP contribution in [0.3, 0.4) is 0 Å². The topological polar surface area (TPSA) is 79.9 Å². The summed E-state index contributed by atoms with van der Waals surface area (Å²) in [4.78, 5) is 24.7. The first-order chi connectivity index (χ1) is 15.1. The maximum absolute atomic E-state index is 12.5. The molecule has 2 heterocycles. The first-order valence-electron chi connectivity index (χ1n) is 10.5. The number of piperazine rings is 1. The molecule has 31 heavy (non-hydrogen) atoms. The van der Waals surface area contributed by atoms with Gasteiger partial charge in [-0.05, 0) is 43.3 Å². The SMILES string of the molecule is CCOc1ccc(OCC(=O)N2CCN(Cc3nc4ccc(OC)cc4[nH]3)CC2)cc1. The zero-order chi connectivity index (χ0) is 21.6. The van der Waals surface area contributed by atoms with E-state index in [2.05, 4.69) is 14.9 Å². The van der Waals surface area contributed by atoms with Gasteiger partial charge in [0.2, 0.25) is 0 Å². The normalized spacial score (nSPS) is 14.6. The van der Waals surface area contributed by atoms with Crippen LogP contribution in [0, 0.1) is 0 Å². The number of hydrogen-bond acceptors (Lipinski definition) is 6. The molecule has 1 aromatic heterocycles. The maximum Gasteiger partial charge on any atom is 0.260 e. The van der Waals surface area contributed by atoms with Crippen molar-refractivity contribution in [1.82, 2.24) is 19.8 Å². The molecule has 1 aliphatic heterocycles. The Morgan fingerprint density at radius 2 is 1.68 bits per heavy atom. The Kier molecular flexibility index (Phi) is 6.57. The van der Waals surface area contributed by atoms with Gasteiger partial charge >= 0.3 is 0 Å². The van der Waals surface area contributed by atoms with Crippen molar-refractivity contribution in [1.29, 1.82) is 0 Å². The lowest BCUT2D eigenvalue weighted by Gasteiger charge is -2.34. The molecule has 2 aromatic carbocycles. The zero-order valence-electron chi connectivity index (χ0n) is 18.0. The maximum atomic E-state index is 12.5. The van der Waals surface area contributed by atoms with Gasteiger partial charge in [-0.25, -0.2) is 4.98 Å². The van der Waals surface area contributed by atoms with Crippen LogP contribution >= 0.6 is 0 Å². The first kappa shape index (κ1) is 21.0. The lowest BCUT2D eigenvalue weighted by Crippen LogP contribution is -2.49. The summed E-state index contributed by atoms with van der Waals surface area (Å²) in [5, 5.41) is 0. The van der Waals surface area contributed by atoms with E-state index in [9.17, 15) is 4.79 Å². The van der Waals surface area contributed by atoms with Gasteiger partial charge < -0.3 is 24.1 Å². The minimum atomic E-state index is 0.00404. The van der Waals surface area contributed by atoms with Gasteiger partial charge in [0.1, 0.15) is 23.1 Å². The third kappa shape index (κ3) is 5.27. The van der Waals surface area contributed by atoms with Crippen molar-refractivity contribution in [3.63, 3.8) is 0 Å². The van der Waals surface area contributed by atoms with Crippen LogP contribution in [0.15, 0.2) is 42.5 Å². The Morgan fingerprint density at radius 3 is 2.35 bits per heavy atom. The molecule has 1 aliphatic rings. The average Bonchev–Trinajstić information content (AvgIpc) is 3.20. The number of aromatic amines is 1. The van der Waals surface area contributed by atoms with Crippen LogP contribution in [0.5, 0.6) is 17.2 Å². The molecule has 4 rings (SSSR count). The minimum Gasteiger partial charge on any atom is -0.497 e. The lowest BCUT2D eigenvalue weighted by atomic mass is 10.3. The van der Waals surface area contributed by atoms with Gasteiger partial charge in [-0.1, -0.05) is 0 Å². The number of benzene rings is 2. The molecule has 0 unspecified atom stereocenters. The molecular weight excluding hydrogens is 396 g/mol. The molecule has 1 amide bonds. The smallest absolute Gasteiger partial charge is 0.260 e. The minimum absolute atomic E-state index is 0.00404. The fraction of sp³-hybridized carbons (Fsp3) is 0.391. The first-order valence-corrected chi connectivity index (χ1v) is 10.5.